The van der Waals surface area contributed by atoms with E-state index < -0.39 is 0 Å². The van der Waals surface area contributed by atoms with Gasteiger partial charge >= 0.3 is 0 Å². The van der Waals surface area contributed by atoms with Gasteiger partial charge < -0.3 is 0 Å². The Balaban J connectivity index is -0.00000000167. The van der Waals surface area contributed by atoms with E-state index in [1.54, 1.807) is 0 Å². The van der Waals surface area contributed by atoms with Crippen LogP contribution in [0.5, 0.6) is 0 Å². The van der Waals surface area contributed by atoms with Crippen LogP contribution in [-0.2, 0) is 17.1 Å². The monoisotopic (exact) mass is 130 g/mol. The Kier molecular flexibility index (Phi) is 182. The van der Waals surface area contributed by atoms with Gasteiger partial charge in [0.05, 0.1) is 0 Å². The number of hydrogen-bond donors (Lipinski definition) is 0. The Morgan fingerprint density at radius 1 is 0.800 bits per heavy atom. The van der Waals surface area contributed by atoms with Crippen molar-refractivity contribution in [1.82, 2.24) is 0 Å². The van der Waals surface area contributed by atoms with Gasteiger partial charge in [0.15, 0.2) is 0 Å². The summed E-state index contributed by atoms with van der Waals surface area (Å²) < 4.78 is 0. The van der Waals surface area contributed by atoms with E-state index in [0.717, 1.165) is 0 Å². The molecule has 22 valence electrons. The average molecular weight is 130 g/mol. The Morgan fingerprint density at radius 2 is 0.800 bits per heavy atom. The first kappa shape index (κ1) is 26.8. The molecule has 0 saturated carbocycles. The minimum absolute atomic E-state index is 0. The normalized spacial score (nSPS) is 0.800. The van der Waals surface area contributed by atoms with Crippen molar-refractivity contribution in [2.24, 2.45) is 0 Å². The SMILES string of the molecule is C=C.[Fe].[Na].[Na]. The average Bonchev–Trinajstić information content (AvgIpc) is 1.00. The molecule has 5 heavy (non-hydrogen) atoms. The van der Waals surface area contributed by atoms with Gasteiger partial charge in [-0.1, -0.05) is 0 Å². The van der Waals surface area contributed by atoms with Gasteiger partial charge in [-0.25, -0.2) is 0 Å². The second-order valence-corrected chi connectivity index (χ2v) is 0. The van der Waals surface area contributed by atoms with Crippen molar-refractivity contribution in [3.8, 4) is 0 Å². The van der Waals surface area contributed by atoms with Crippen LogP contribution in [0.3, 0.4) is 0 Å². The summed E-state index contributed by atoms with van der Waals surface area (Å²) in [5, 5.41) is 0. The zero-order chi connectivity index (χ0) is 2.00. The maximum Gasteiger partial charge on any atom is 0 e. The van der Waals surface area contributed by atoms with Crippen molar-refractivity contribution in [2.45, 2.75) is 0 Å². The molecule has 3 heteroatoms. The first-order valence-electron chi connectivity index (χ1n) is 0.500. The number of hydrogen-bond acceptors (Lipinski definition) is 0. The van der Waals surface area contributed by atoms with Crippen LogP contribution in [0.25, 0.3) is 0 Å². The molecule has 0 N–H and O–H groups in total. The van der Waals surface area contributed by atoms with E-state index in [1.807, 2.05) is 0 Å². The van der Waals surface area contributed by atoms with Gasteiger partial charge in [0.25, 0.3) is 0 Å². The van der Waals surface area contributed by atoms with Crippen LogP contribution in [0.1, 0.15) is 0 Å². The molecule has 0 spiro atoms. The zero-order valence-corrected chi connectivity index (χ0v) is 8.87. The third-order valence-corrected chi connectivity index (χ3v) is 0. The summed E-state index contributed by atoms with van der Waals surface area (Å²) in [7, 11) is 0. The summed E-state index contributed by atoms with van der Waals surface area (Å²) in [6, 6.07) is 0. The van der Waals surface area contributed by atoms with Gasteiger partial charge in [-0.3, -0.25) is 0 Å². The second kappa shape index (κ2) is 33.9. The molecule has 0 heterocycles. The molecular formula is C2H4FeNa2. The standard InChI is InChI=1S/C2H4.Fe.2Na/c1-2;;;/h1-2H2;;;. The summed E-state index contributed by atoms with van der Waals surface area (Å²) >= 11 is 0. The van der Waals surface area contributed by atoms with Crippen LogP contribution in [0.2, 0.25) is 0 Å². The van der Waals surface area contributed by atoms with E-state index in [2.05, 4.69) is 13.2 Å². The maximum atomic E-state index is 3.00. The predicted molar refractivity (Wildman–Crippen MR) is 22.8 cm³/mol. The third-order valence-electron chi connectivity index (χ3n) is 0. The van der Waals surface area contributed by atoms with Gasteiger partial charge in [0, 0.05) is 76.2 Å². The fourth-order valence-corrected chi connectivity index (χ4v) is 0. The first-order valence-corrected chi connectivity index (χ1v) is 0.500. The van der Waals surface area contributed by atoms with Crippen LogP contribution < -0.4 is 0 Å². The second-order valence-electron chi connectivity index (χ2n) is 0. The zero-order valence-electron chi connectivity index (χ0n) is 3.77. The fraction of sp³-hybridized carbons (Fsp3) is 0. The summed E-state index contributed by atoms with van der Waals surface area (Å²) in [6.45, 7) is 6.00. The molecule has 0 aromatic carbocycles. The largest absolute Gasteiger partial charge is 0.106 e. The van der Waals surface area contributed by atoms with E-state index >= 15 is 0 Å². The Morgan fingerprint density at radius 3 is 0.800 bits per heavy atom. The summed E-state index contributed by atoms with van der Waals surface area (Å²) in [5.74, 6) is 0. The predicted octanol–water partition coefficient (Wildman–Crippen LogP) is 0.0381. The molecule has 0 unspecified atom stereocenters. The topological polar surface area (TPSA) is 0 Å². The van der Waals surface area contributed by atoms with Crippen molar-refractivity contribution in [1.29, 1.82) is 0 Å². The Bertz CT molecular complexity index is 7.61. The Hall–Kier alpha value is 2.26. The van der Waals surface area contributed by atoms with Gasteiger partial charge in [-0.15, -0.1) is 13.2 Å². The van der Waals surface area contributed by atoms with E-state index in [0.29, 0.717) is 0 Å². The molecule has 0 nitrogen and oxygen atoms in total. The molecule has 0 fully saturated rings. The van der Waals surface area contributed by atoms with Crippen LogP contribution in [-0.4, -0.2) is 59.1 Å². The van der Waals surface area contributed by atoms with Crippen LogP contribution in [0, 0.1) is 0 Å². The van der Waals surface area contributed by atoms with Gasteiger partial charge in [0.1, 0.15) is 0 Å². The van der Waals surface area contributed by atoms with Gasteiger partial charge in [-0.2, -0.15) is 0 Å². The molecule has 0 aliphatic heterocycles. The molecule has 0 amide bonds. The quantitative estimate of drug-likeness (QED) is 0.320. The van der Waals surface area contributed by atoms with Crippen molar-refractivity contribution in [3.63, 3.8) is 0 Å². The minimum atomic E-state index is 0. The smallest absolute Gasteiger partial charge is 0 e. The fourth-order valence-electron chi connectivity index (χ4n) is 0. The molecule has 0 aromatic heterocycles. The van der Waals surface area contributed by atoms with Crippen molar-refractivity contribution in [2.75, 3.05) is 0 Å². The molecule has 0 rings (SSSR count). The molecule has 0 atom stereocenters. The summed E-state index contributed by atoms with van der Waals surface area (Å²) in [5.41, 5.74) is 0. The maximum absolute atomic E-state index is 3.00. The molecule has 0 aliphatic rings. The first-order chi connectivity index (χ1) is 1.00. The summed E-state index contributed by atoms with van der Waals surface area (Å²) in [4.78, 5) is 0. The van der Waals surface area contributed by atoms with E-state index in [-0.39, 0.29) is 76.2 Å². The van der Waals surface area contributed by atoms with E-state index in [1.165, 1.54) is 0 Å². The van der Waals surface area contributed by atoms with Gasteiger partial charge in [-0.05, 0) is 0 Å². The summed E-state index contributed by atoms with van der Waals surface area (Å²) in [6.07, 6.45) is 0. The third kappa shape index (κ3) is 22.2. The molecule has 0 aliphatic carbocycles. The van der Waals surface area contributed by atoms with Crippen molar-refractivity contribution in [3.05, 3.63) is 13.2 Å². The van der Waals surface area contributed by atoms with Crippen molar-refractivity contribution < 1.29 is 17.1 Å². The van der Waals surface area contributed by atoms with Crippen LogP contribution in [0.15, 0.2) is 13.2 Å². The molecule has 0 bridgehead atoms. The molecule has 0 saturated heterocycles. The van der Waals surface area contributed by atoms with Gasteiger partial charge in [0.2, 0.25) is 0 Å². The van der Waals surface area contributed by atoms with E-state index in [4.69, 9.17) is 0 Å². The molecule has 0 aromatic rings. The van der Waals surface area contributed by atoms with Crippen LogP contribution >= 0.6 is 0 Å². The molecule has 2 radical (unpaired) electrons. The Labute approximate surface area is 87.8 Å². The van der Waals surface area contributed by atoms with E-state index in [9.17, 15) is 0 Å². The number of rotatable bonds is 0. The minimum Gasteiger partial charge on any atom is -0.106 e. The van der Waals surface area contributed by atoms with Crippen molar-refractivity contribution >= 4 is 59.1 Å². The van der Waals surface area contributed by atoms with Crippen LogP contribution in [0.4, 0.5) is 0 Å². The molecular weight excluding hydrogens is 126 g/mol.